The van der Waals surface area contributed by atoms with E-state index in [-0.39, 0.29) is 6.04 Å². The number of fused-ring (bicyclic) bond motifs is 1. The minimum atomic E-state index is -0.657. The third kappa shape index (κ3) is 4.83. The van der Waals surface area contributed by atoms with Gasteiger partial charge in [0.25, 0.3) is 0 Å². The van der Waals surface area contributed by atoms with Gasteiger partial charge in [0.2, 0.25) is 0 Å². The summed E-state index contributed by atoms with van der Waals surface area (Å²) in [7, 11) is 0. The highest BCUT2D eigenvalue weighted by Crippen LogP contribution is 2.38. The van der Waals surface area contributed by atoms with Crippen LogP contribution >= 0.6 is 23.2 Å². The van der Waals surface area contributed by atoms with Crippen LogP contribution in [0.4, 0.5) is 5.82 Å². The number of aromatic nitrogens is 2. The molecule has 172 valence electrons. The van der Waals surface area contributed by atoms with Crippen molar-refractivity contribution >= 4 is 35.0 Å². The van der Waals surface area contributed by atoms with E-state index in [1.165, 1.54) is 0 Å². The molecule has 0 spiro atoms. The number of anilines is 1. The summed E-state index contributed by atoms with van der Waals surface area (Å²) in [5, 5.41) is 13.8. The van der Waals surface area contributed by atoms with Crippen molar-refractivity contribution in [3.05, 3.63) is 75.0 Å². The van der Waals surface area contributed by atoms with E-state index in [2.05, 4.69) is 5.32 Å². The summed E-state index contributed by atoms with van der Waals surface area (Å²) in [6.45, 7) is 3.37. The molecule has 2 atom stereocenters. The van der Waals surface area contributed by atoms with Gasteiger partial charge in [0.05, 0.1) is 28.1 Å². The Kier molecular flexibility index (Phi) is 7.17. The maximum Gasteiger partial charge on any atom is 0.332 e. The van der Waals surface area contributed by atoms with Gasteiger partial charge in [-0.05, 0) is 42.2 Å². The third-order valence-corrected chi connectivity index (χ3v) is 6.33. The molecule has 0 saturated carbocycles. The fraction of sp³-hybridized carbons (Fsp3) is 0.320. The highest BCUT2D eigenvalue weighted by Gasteiger charge is 2.36. The van der Waals surface area contributed by atoms with Gasteiger partial charge in [-0.3, -0.25) is 0 Å². The minimum Gasteiger partial charge on any atom is -0.458 e. The van der Waals surface area contributed by atoms with Crippen molar-refractivity contribution in [3.63, 3.8) is 0 Å². The molecule has 33 heavy (non-hydrogen) atoms. The number of carbonyl (C=O) groups is 1. The Hall–Kier alpha value is -2.67. The lowest BCUT2D eigenvalue weighted by Gasteiger charge is -2.24. The van der Waals surface area contributed by atoms with Crippen LogP contribution in [0, 0.1) is 0 Å². The number of ether oxygens (including phenoxy) is 1. The molecule has 0 aliphatic heterocycles. The lowest BCUT2D eigenvalue weighted by molar-refractivity contribution is -0.152. The van der Waals surface area contributed by atoms with Gasteiger partial charge in [0.15, 0.2) is 0 Å². The number of carbonyl (C=O) groups excluding carboxylic acids is 1. The van der Waals surface area contributed by atoms with E-state index in [1.54, 1.807) is 12.1 Å². The first-order valence-electron chi connectivity index (χ1n) is 10.9. The summed E-state index contributed by atoms with van der Waals surface area (Å²) >= 11 is 12.5. The molecule has 2 N–H and O–H groups in total. The van der Waals surface area contributed by atoms with Crippen molar-refractivity contribution in [2.75, 3.05) is 11.9 Å². The number of nitrogens with one attached hydrogen (secondary N) is 1. The Bertz CT molecular complexity index is 1190. The monoisotopic (exact) mass is 485 g/mol. The van der Waals surface area contributed by atoms with Crippen molar-refractivity contribution in [2.45, 2.75) is 45.3 Å². The average Bonchev–Trinajstić information content (AvgIpc) is 3.15. The average molecular weight is 486 g/mol. The molecule has 1 aliphatic carbocycles. The van der Waals surface area contributed by atoms with Crippen molar-refractivity contribution in [1.29, 1.82) is 0 Å². The van der Waals surface area contributed by atoms with Gasteiger partial charge >= 0.3 is 5.97 Å². The van der Waals surface area contributed by atoms with Gasteiger partial charge < -0.3 is 15.2 Å². The molecular formula is C25H25Cl2N3O3. The van der Waals surface area contributed by atoms with Crippen LogP contribution in [0.15, 0.2) is 42.5 Å². The Balaban J connectivity index is 1.74. The Labute approximate surface area is 202 Å². The van der Waals surface area contributed by atoms with Gasteiger partial charge in [0, 0.05) is 17.0 Å². The number of nitrogens with zero attached hydrogens (tertiary/aromatic N) is 2. The van der Waals surface area contributed by atoms with Crippen LogP contribution in [0.3, 0.4) is 0 Å². The second kappa shape index (κ2) is 10.1. The van der Waals surface area contributed by atoms with E-state index in [0.29, 0.717) is 35.1 Å². The van der Waals surface area contributed by atoms with E-state index < -0.39 is 18.7 Å². The molecule has 8 heteroatoms. The van der Waals surface area contributed by atoms with E-state index in [0.717, 1.165) is 33.8 Å². The number of rotatable bonds is 7. The van der Waals surface area contributed by atoms with Crippen LogP contribution in [0.5, 0.6) is 0 Å². The molecule has 0 amide bonds. The number of halogens is 2. The zero-order chi connectivity index (χ0) is 23.5. The molecule has 4 rings (SSSR count). The molecular weight excluding hydrogens is 461 g/mol. The van der Waals surface area contributed by atoms with E-state index >= 15 is 0 Å². The maximum atomic E-state index is 11.8. The van der Waals surface area contributed by atoms with Crippen LogP contribution in [0.1, 0.15) is 42.4 Å². The molecule has 0 bridgehead atoms. The number of aliphatic hydroxyl groups is 1. The van der Waals surface area contributed by atoms with Crippen LogP contribution in [0.2, 0.25) is 10.0 Å². The molecule has 0 saturated heterocycles. The first-order valence-corrected chi connectivity index (χ1v) is 11.7. The van der Waals surface area contributed by atoms with Crippen molar-refractivity contribution in [1.82, 2.24) is 9.97 Å². The Morgan fingerprint density at radius 1 is 1.12 bits per heavy atom. The second-order valence-corrected chi connectivity index (χ2v) is 8.70. The van der Waals surface area contributed by atoms with Crippen LogP contribution in [0.25, 0.3) is 11.3 Å². The van der Waals surface area contributed by atoms with E-state index in [9.17, 15) is 9.90 Å². The summed E-state index contributed by atoms with van der Waals surface area (Å²) in [5.41, 5.74) is 5.24. The summed E-state index contributed by atoms with van der Waals surface area (Å²) < 4.78 is 5.55. The lowest BCUT2D eigenvalue weighted by atomic mass is 10.1. The Morgan fingerprint density at radius 2 is 1.88 bits per heavy atom. The van der Waals surface area contributed by atoms with Gasteiger partial charge in [-0.15, -0.1) is 0 Å². The van der Waals surface area contributed by atoms with Crippen LogP contribution in [-0.2, 0) is 28.8 Å². The van der Waals surface area contributed by atoms with Gasteiger partial charge in [0.1, 0.15) is 18.5 Å². The zero-order valence-electron chi connectivity index (χ0n) is 18.4. The number of esters is 1. The lowest BCUT2D eigenvalue weighted by Crippen LogP contribution is -2.29. The largest absolute Gasteiger partial charge is 0.458 e. The molecule has 2 aromatic carbocycles. The fourth-order valence-corrected chi connectivity index (χ4v) is 4.70. The first kappa shape index (κ1) is 23.5. The minimum absolute atomic E-state index is 0.300. The number of aliphatic hydroxyl groups excluding tert-OH is 1. The van der Waals surface area contributed by atoms with Gasteiger partial charge in [-0.25, -0.2) is 14.8 Å². The topological polar surface area (TPSA) is 84.3 Å². The SMILES string of the molecule is CCc1nc(-c2ccc(Cl)cc2Cl)c(CC)nc1N[C@@H]1c2ccccc2C[C@@H]1OC(=O)CO. The number of aryl methyl sites for hydroxylation is 2. The zero-order valence-corrected chi connectivity index (χ0v) is 20.0. The summed E-state index contributed by atoms with van der Waals surface area (Å²) in [4.78, 5) is 21.7. The molecule has 1 heterocycles. The van der Waals surface area contributed by atoms with Crippen LogP contribution < -0.4 is 5.32 Å². The quantitative estimate of drug-likeness (QED) is 0.448. The second-order valence-electron chi connectivity index (χ2n) is 7.86. The number of hydrogen-bond acceptors (Lipinski definition) is 6. The van der Waals surface area contributed by atoms with Crippen molar-refractivity contribution < 1.29 is 14.6 Å². The van der Waals surface area contributed by atoms with Crippen LogP contribution in [-0.4, -0.2) is 33.8 Å². The molecule has 0 radical (unpaired) electrons. The number of hydrogen-bond donors (Lipinski definition) is 2. The standard InChI is InChI=1S/C25H25Cl2N3O3/c1-3-19-23(17-10-9-15(26)12-18(17)27)28-20(4-2)25(29-19)30-24-16-8-6-5-7-14(16)11-21(24)33-22(32)13-31/h5-10,12,21,24,31H,3-4,11,13H2,1-2H3,(H,29,30)/t21-,24+/m0/s1. The van der Waals surface area contributed by atoms with E-state index in [1.807, 2.05) is 44.2 Å². The first-order chi connectivity index (χ1) is 15.9. The molecule has 1 aliphatic rings. The molecule has 3 aromatic rings. The van der Waals surface area contributed by atoms with E-state index in [4.69, 9.17) is 37.9 Å². The molecule has 0 fully saturated rings. The molecule has 6 nitrogen and oxygen atoms in total. The number of benzene rings is 2. The summed E-state index contributed by atoms with van der Waals surface area (Å²) in [5.74, 6) is -0.00156. The third-order valence-electron chi connectivity index (χ3n) is 5.78. The van der Waals surface area contributed by atoms with Crippen molar-refractivity contribution in [3.8, 4) is 11.3 Å². The summed E-state index contributed by atoms with van der Waals surface area (Å²) in [6.07, 6.45) is 1.41. The fourth-order valence-electron chi connectivity index (χ4n) is 4.20. The maximum absolute atomic E-state index is 11.8. The Morgan fingerprint density at radius 3 is 2.58 bits per heavy atom. The molecule has 0 unspecified atom stereocenters. The van der Waals surface area contributed by atoms with Gasteiger partial charge in [-0.1, -0.05) is 61.3 Å². The smallest absolute Gasteiger partial charge is 0.332 e. The normalized spacial score (nSPS) is 17.0. The highest BCUT2D eigenvalue weighted by molar-refractivity contribution is 6.36. The molecule has 1 aromatic heterocycles. The predicted molar refractivity (Wildman–Crippen MR) is 130 cm³/mol. The van der Waals surface area contributed by atoms with Gasteiger partial charge in [-0.2, -0.15) is 0 Å². The van der Waals surface area contributed by atoms with Crippen molar-refractivity contribution in [2.24, 2.45) is 0 Å². The predicted octanol–water partition coefficient (Wildman–Crippen LogP) is 5.19. The highest BCUT2D eigenvalue weighted by atomic mass is 35.5. The summed E-state index contributed by atoms with van der Waals surface area (Å²) in [6, 6.07) is 13.0.